The second-order valence-corrected chi connectivity index (χ2v) is 5.24. The molecular formula is C17H14ClNO4. The largest absolute Gasteiger partial charge is 0.452 e. The van der Waals surface area contributed by atoms with Crippen molar-refractivity contribution in [2.45, 2.75) is 6.92 Å². The second-order valence-electron chi connectivity index (χ2n) is 4.83. The van der Waals surface area contributed by atoms with Crippen LogP contribution in [0.1, 0.15) is 26.3 Å². The number of hydrogen-bond donors (Lipinski definition) is 1. The highest BCUT2D eigenvalue weighted by Crippen LogP contribution is 2.19. The fraction of sp³-hybridized carbons (Fsp3) is 0.118. The van der Waals surface area contributed by atoms with Crippen molar-refractivity contribution < 1.29 is 19.1 Å². The molecule has 118 valence electrons. The first-order valence-corrected chi connectivity index (χ1v) is 7.16. The molecule has 0 aliphatic heterocycles. The second kappa shape index (κ2) is 7.56. The molecule has 2 aromatic carbocycles. The van der Waals surface area contributed by atoms with Crippen LogP contribution in [0.4, 0.5) is 5.69 Å². The molecule has 1 amide bonds. The number of carbonyl (C=O) groups is 3. The Hall–Kier alpha value is -2.66. The van der Waals surface area contributed by atoms with E-state index in [1.54, 1.807) is 18.2 Å². The number of ether oxygens (including phenoxy) is 1. The molecule has 0 saturated carbocycles. The fourth-order valence-electron chi connectivity index (χ4n) is 1.83. The van der Waals surface area contributed by atoms with Gasteiger partial charge in [-0.15, -0.1) is 0 Å². The van der Waals surface area contributed by atoms with Crippen LogP contribution < -0.4 is 5.32 Å². The Kier molecular flexibility index (Phi) is 5.49. The number of esters is 1. The molecule has 5 nitrogen and oxygen atoms in total. The average molecular weight is 332 g/mol. The first kappa shape index (κ1) is 16.7. The molecule has 0 unspecified atom stereocenters. The topological polar surface area (TPSA) is 72.5 Å². The third-order valence-corrected chi connectivity index (χ3v) is 3.48. The highest BCUT2D eigenvalue weighted by atomic mass is 35.5. The number of hydrogen-bond acceptors (Lipinski definition) is 4. The van der Waals surface area contributed by atoms with E-state index in [9.17, 15) is 14.4 Å². The van der Waals surface area contributed by atoms with Gasteiger partial charge in [-0.2, -0.15) is 0 Å². The van der Waals surface area contributed by atoms with Gasteiger partial charge < -0.3 is 10.1 Å². The van der Waals surface area contributed by atoms with E-state index in [4.69, 9.17) is 16.3 Å². The van der Waals surface area contributed by atoms with Crippen LogP contribution in [0.5, 0.6) is 0 Å². The lowest BCUT2D eigenvalue weighted by molar-refractivity contribution is -0.119. The van der Waals surface area contributed by atoms with Gasteiger partial charge in [-0.25, -0.2) is 4.79 Å². The molecule has 0 bridgehead atoms. The van der Waals surface area contributed by atoms with Crippen molar-refractivity contribution in [3.63, 3.8) is 0 Å². The van der Waals surface area contributed by atoms with Gasteiger partial charge in [-0.3, -0.25) is 9.59 Å². The Morgan fingerprint density at radius 3 is 2.48 bits per heavy atom. The van der Waals surface area contributed by atoms with Crippen LogP contribution in [-0.2, 0) is 9.53 Å². The van der Waals surface area contributed by atoms with Crippen LogP contribution >= 0.6 is 11.6 Å². The molecule has 0 atom stereocenters. The number of rotatable bonds is 5. The van der Waals surface area contributed by atoms with Gasteiger partial charge >= 0.3 is 5.97 Å². The Labute approximate surface area is 138 Å². The predicted octanol–water partition coefficient (Wildman–Crippen LogP) is 3.26. The smallest absolute Gasteiger partial charge is 0.338 e. The van der Waals surface area contributed by atoms with Crippen LogP contribution in [0.2, 0.25) is 5.02 Å². The number of aldehydes is 1. The molecule has 0 heterocycles. The maximum absolute atomic E-state index is 11.8. The van der Waals surface area contributed by atoms with Gasteiger partial charge in [0.15, 0.2) is 6.61 Å². The summed E-state index contributed by atoms with van der Waals surface area (Å²) in [7, 11) is 0. The van der Waals surface area contributed by atoms with Crippen LogP contribution in [0.25, 0.3) is 0 Å². The fourth-order valence-corrected chi connectivity index (χ4v) is 1.95. The Morgan fingerprint density at radius 1 is 1.17 bits per heavy atom. The minimum absolute atomic E-state index is 0.269. The summed E-state index contributed by atoms with van der Waals surface area (Å²) in [5.74, 6) is -1.09. The maximum atomic E-state index is 11.8. The lowest BCUT2D eigenvalue weighted by atomic mass is 10.1. The summed E-state index contributed by atoms with van der Waals surface area (Å²) in [6.45, 7) is 1.41. The number of carbonyl (C=O) groups excluding carboxylic acids is 3. The van der Waals surface area contributed by atoms with Crippen LogP contribution in [0.15, 0.2) is 42.5 Å². The minimum atomic E-state index is -0.634. The van der Waals surface area contributed by atoms with E-state index in [0.29, 0.717) is 22.6 Å². The van der Waals surface area contributed by atoms with Crippen LogP contribution in [0.3, 0.4) is 0 Å². The third-order valence-electron chi connectivity index (χ3n) is 3.06. The Morgan fingerprint density at radius 2 is 1.87 bits per heavy atom. The van der Waals surface area contributed by atoms with Gasteiger partial charge in [-0.1, -0.05) is 23.7 Å². The quantitative estimate of drug-likeness (QED) is 0.674. The maximum Gasteiger partial charge on any atom is 0.338 e. The minimum Gasteiger partial charge on any atom is -0.452 e. The lowest BCUT2D eigenvalue weighted by Crippen LogP contribution is -2.21. The normalized spacial score (nSPS) is 10.0. The van der Waals surface area contributed by atoms with Crippen molar-refractivity contribution in [1.82, 2.24) is 0 Å². The van der Waals surface area contributed by atoms with E-state index in [1.165, 1.54) is 24.3 Å². The molecule has 0 aliphatic carbocycles. The molecule has 0 saturated heterocycles. The average Bonchev–Trinajstić information content (AvgIpc) is 2.56. The molecule has 23 heavy (non-hydrogen) atoms. The number of halogens is 1. The van der Waals surface area contributed by atoms with E-state index in [2.05, 4.69) is 5.32 Å². The highest BCUT2D eigenvalue weighted by molar-refractivity contribution is 6.31. The predicted molar refractivity (Wildman–Crippen MR) is 86.9 cm³/mol. The number of amides is 1. The zero-order chi connectivity index (χ0) is 16.8. The molecule has 2 rings (SSSR count). The summed E-state index contributed by atoms with van der Waals surface area (Å²) >= 11 is 5.91. The highest BCUT2D eigenvalue weighted by Gasteiger charge is 2.10. The molecule has 1 N–H and O–H groups in total. The van der Waals surface area contributed by atoms with E-state index >= 15 is 0 Å². The summed E-state index contributed by atoms with van der Waals surface area (Å²) in [5.41, 5.74) is 2.13. The summed E-state index contributed by atoms with van der Waals surface area (Å²) in [6.07, 6.45) is 0.677. The zero-order valence-electron chi connectivity index (χ0n) is 12.3. The number of anilines is 1. The number of benzene rings is 2. The standard InChI is InChI=1S/C17H14ClNO4/c1-11-8-14(6-7-15(11)18)19-16(21)10-23-17(22)13-4-2-12(9-20)3-5-13/h2-9H,10H2,1H3,(H,19,21). The van der Waals surface area contributed by atoms with Gasteiger partial charge in [0.25, 0.3) is 5.91 Å². The molecule has 0 fully saturated rings. The number of aryl methyl sites for hydroxylation is 1. The zero-order valence-corrected chi connectivity index (χ0v) is 13.1. The first-order valence-electron chi connectivity index (χ1n) is 6.78. The molecule has 2 aromatic rings. The summed E-state index contributed by atoms with van der Waals surface area (Å²) in [6, 6.07) is 11.0. The summed E-state index contributed by atoms with van der Waals surface area (Å²) < 4.78 is 4.92. The van der Waals surface area contributed by atoms with Crippen molar-refractivity contribution in [3.8, 4) is 0 Å². The summed E-state index contributed by atoms with van der Waals surface area (Å²) in [4.78, 5) is 34.1. The molecule has 0 spiro atoms. The van der Waals surface area contributed by atoms with Crippen molar-refractivity contribution in [2.75, 3.05) is 11.9 Å². The Balaban J connectivity index is 1.88. The van der Waals surface area contributed by atoms with Gasteiger partial charge in [0.05, 0.1) is 5.56 Å². The van der Waals surface area contributed by atoms with Crippen molar-refractivity contribution in [2.24, 2.45) is 0 Å². The molecule has 0 aliphatic rings. The van der Waals surface area contributed by atoms with E-state index < -0.39 is 18.5 Å². The van der Waals surface area contributed by atoms with Crippen molar-refractivity contribution in [3.05, 3.63) is 64.2 Å². The van der Waals surface area contributed by atoms with Crippen LogP contribution in [0, 0.1) is 6.92 Å². The van der Waals surface area contributed by atoms with E-state index in [1.807, 2.05) is 6.92 Å². The van der Waals surface area contributed by atoms with Gasteiger partial charge in [0.2, 0.25) is 0 Å². The van der Waals surface area contributed by atoms with Crippen molar-refractivity contribution in [1.29, 1.82) is 0 Å². The SMILES string of the molecule is Cc1cc(NC(=O)COC(=O)c2ccc(C=O)cc2)ccc1Cl. The molecule has 0 aromatic heterocycles. The van der Waals surface area contributed by atoms with E-state index in [-0.39, 0.29) is 5.56 Å². The van der Waals surface area contributed by atoms with Crippen LogP contribution in [-0.4, -0.2) is 24.8 Å². The van der Waals surface area contributed by atoms with Gasteiger partial charge in [0, 0.05) is 16.3 Å². The summed E-state index contributed by atoms with van der Waals surface area (Å²) in [5, 5.41) is 3.22. The monoisotopic (exact) mass is 331 g/mol. The first-order chi connectivity index (χ1) is 11.0. The lowest BCUT2D eigenvalue weighted by Gasteiger charge is -2.08. The van der Waals surface area contributed by atoms with Gasteiger partial charge in [-0.05, 0) is 42.8 Å². The Bertz CT molecular complexity index is 741. The van der Waals surface area contributed by atoms with Crippen molar-refractivity contribution >= 4 is 35.5 Å². The number of nitrogens with one attached hydrogen (secondary N) is 1. The molecule has 0 radical (unpaired) electrons. The van der Waals surface area contributed by atoms with E-state index in [0.717, 1.165) is 5.56 Å². The third kappa shape index (κ3) is 4.66. The van der Waals surface area contributed by atoms with Gasteiger partial charge in [0.1, 0.15) is 6.29 Å². The molecule has 6 heteroatoms. The molecular weight excluding hydrogens is 318 g/mol.